The largest absolute Gasteiger partial charge is 0.489 e. The van der Waals surface area contributed by atoms with Crippen molar-refractivity contribution in [3.05, 3.63) is 64.4 Å². The highest BCUT2D eigenvalue weighted by Gasteiger charge is 2.12. The molecule has 0 heterocycles. The number of halogens is 2. The molecule has 0 saturated heterocycles. The molecular formula is C17H19ClFNO. The maximum atomic E-state index is 13.2. The molecule has 21 heavy (non-hydrogen) atoms. The molecule has 4 heteroatoms. The number of nitrogens with two attached hydrogens (primary N) is 1. The van der Waals surface area contributed by atoms with Crippen LogP contribution in [0.5, 0.6) is 5.75 Å². The van der Waals surface area contributed by atoms with Crippen LogP contribution in [-0.2, 0) is 13.0 Å². The normalized spacial score (nSPS) is 12.2. The molecule has 0 aliphatic rings. The molecule has 0 spiro atoms. The van der Waals surface area contributed by atoms with Crippen LogP contribution in [0.4, 0.5) is 4.39 Å². The summed E-state index contributed by atoms with van der Waals surface area (Å²) in [6, 6.07) is 11.9. The molecule has 2 rings (SSSR count). The lowest BCUT2D eigenvalue weighted by Crippen LogP contribution is -2.22. The summed E-state index contributed by atoms with van der Waals surface area (Å²) < 4.78 is 19.0. The first-order valence-electron chi connectivity index (χ1n) is 7.00. The Kier molecular flexibility index (Phi) is 5.59. The molecule has 0 saturated carbocycles. The van der Waals surface area contributed by atoms with E-state index in [4.69, 9.17) is 22.1 Å². The Morgan fingerprint density at radius 3 is 2.71 bits per heavy atom. The van der Waals surface area contributed by atoms with Crippen LogP contribution in [0.25, 0.3) is 0 Å². The van der Waals surface area contributed by atoms with E-state index in [0.29, 0.717) is 23.8 Å². The van der Waals surface area contributed by atoms with Gasteiger partial charge in [0, 0.05) is 16.6 Å². The summed E-state index contributed by atoms with van der Waals surface area (Å²) in [6.45, 7) is 2.33. The fourth-order valence-corrected chi connectivity index (χ4v) is 2.31. The van der Waals surface area contributed by atoms with Crippen LogP contribution in [0.2, 0.25) is 5.02 Å². The lowest BCUT2D eigenvalue weighted by molar-refractivity contribution is 0.301. The molecule has 0 bridgehead atoms. The zero-order valence-electron chi connectivity index (χ0n) is 12.0. The Morgan fingerprint density at radius 2 is 2.00 bits per heavy atom. The fraction of sp³-hybridized carbons (Fsp3) is 0.294. The molecule has 2 aromatic carbocycles. The van der Waals surface area contributed by atoms with Gasteiger partial charge in [0.05, 0.1) is 0 Å². The second-order valence-corrected chi connectivity index (χ2v) is 5.41. The van der Waals surface area contributed by atoms with Crippen molar-refractivity contribution in [2.45, 2.75) is 32.4 Å². The van der Waals surface area contributed by atoms with Gasteiger partial charge in [-0.15, -0.1) is 0 Å². The zero-order valence-corrected chi connectivity index (χ0v) is 12.7. The second-order valence-electron chi connectivity index (χ2n) is 5.01. The van der Waals surface area contributed by atoms with Crippen molar-refractivity contribution in [1.82, 2.24) is 0 Å². The van der Waals surface area contributed by atoms with E-state index in [1.165, 1.54) is 12.1 Å². The third-order valence-corrected chi connectivity index (χ3v) is 3.70. The zero-order chi connectivity index (χ0) is 15.2. The first-order chi connectivity index (χ1) is 10.1. The highest BCUT2D eigenvalue weighted by atomic mass is 35.5. The van der Waals surface area contributed by atoms with E-state index >= 15 is 0 Å². The highest BCUT2D eigenvalue weighted by molar-refractivity contribution is 6.31. The Balaban J connectivity index is 2.14. The molecule has 0 aliphatic heterocycles. The lowest BCUT2D eigenvalue weighted by atomic mass is 10.0. The second kappa shape index (κ2) is 7.43. The summed E-state index contributed by atoms with van der Waals surface area (Å²) in [5.41, 5.74) is 7.69. The van der Waals surface area contributed by atoms with Gasteiger partial charge in [-0.1, -0.05) is 36.7 Å². The summed E-state index contributed by atoms with van der Waals surface area (Å²) in [4.78, 5) is 0. The van der Waals surface area contributed by atoms with Gasteiger partial charge in [-0.3, -0.25) is 0 Å². The minimum Gasteiger partial charge on any atom is -0.489 e. The first kappa shape index (κ1) is 15.8. The van der Waals surface area contributed by atoms with Gasteiger partial charge in [-0.05, 0) is 42.7 Å². The van der Waals surface area contributed by atoms with Gasteiger partial charge in [0.1, 0.15) is 18.2 Å². The van der Waals surface area contributed by atoms with Gasteiger partial charge in [0.25, 0.3) is 0 Å². The summed E-state index contributed by atoms with van der Waals surface area (Å²) in [5, 5.41) is 0.649. The Morgan fingerprint density at radius 1 is 1.24 bits per heavy atom. The number of rotatable bonds is 6. The Bertz CT molecular complexity index is 603. The summed E-state index contributed by atoms with van der Waals surface area (Å²) in [5.74, 6) is 0.436. The molecule has 2 nitrogen and oxygen atoms in total. The molecule has 1 atom stereocenters. The van der Waals surface area contributed by atoms with E-state index < -0.39 is 0 Å². The predicted octanol–water partition coefficient (Wildman–Crippen LogP) is 4.34. The molecular weight excluding hydrogens is 289 g/mol. The third kappa shape index (κ3) is 4.45. The number of hydrogen-bond acceptors (Lipinski definition) is 2. The minimum atomic E-state index is -0.268. The van der Waals surface area contributed by atoms with Gasteiger partial charge < -0.3 is 10.5 Å². The molecule has 1 unspecified atom stereocenters. The number of ether oxygens (including phenoxy) is 1. The van der Waals surface area contributed by atoms with Crippen LogP contribution < -0.4 is 10.5 Å². The van der Waals surface area contributed by atoms with E-state index in [2.05, 4.69) is 0 Å². The first-order valence-corrected chi connectivity index (χ1v) is 7.38. The van der Waals surface area contributed by atoms with Crippen LogP contribution in [0.3, 0.4) is 0 Å². The van der Waals surface area contributed by atoms with Crippen LogP contribution >= 0.6 is 11.6 Å². The van der Waals surface area contributed by atoms with Gasteiger partial charge in [0.15, 0.2) is 0 Å². The van der Waals surface area contributed by atoms with E-state index in [9.17, 15) is 4.39 Å². The molecule has 0 aromatic heterocycles. The van der Waals surface area contributed by atoms with Crippen molar-refractivity contribution < 1.29 is 9.13 Å². The van der Waals surface area contributed by atoms with Crippen molar-refractivity contribution >= 4 is 11.6 Å². The van der Waals surface area contributed by atoms with Crippen LogP contribution in [0.1, 0.15) is 24.5 Å². The van der Waals surface area contributed by atoms with E-state index in [1.54, 1.807) is 6.07 Å². The number of hydrogen-bond donors (Lipinski definition) is 1. The van der Waals surface area contributed by atoms with Crippen LogP contribution in [0, 0.1) is 5.82 Å². The Hall–Kier alpha value is -1.58. The number of benzene rings is 2. The molecule has 0 aliphatic carbocycles. The third-order valence-electron chi connectivity index (χ3n) is 3.35. The van der Waals surface area contributed by atoms with Crippen molar-refractivity contribution in [3.8, 4) is 5.75 Å². The highest BCUT2D eigenvalue weighted by Crippen LogP contribution is 2.28. The molecule has 0 amide bonds. The van der Waals surface area contributed by atoms with Crippen LogP contribution in [0.15, 0.2) is 42.5 Å². The van der Waals surface area contributed by atoms with Crippen molar-refractivity contribution in [2.24, 2.45) is 5.73 Å². The maximum absolute atomic E-state index is 13.2. The smallest absolute Gasteiger partial charge is 0.124 e. The molecule has 2 aromatic rings. The minimum absolute atomic E-state index is 0.0430. The maximum Gasteiger partial charge on any atom is 0.124 e. The SMILES string of the molecule is CCC(N)Cc1c(Cl)cccc1OCc1cccc(F)c1. The standard InChI is InChI=1S/C17H19ClFNO/c1-2-14(20)10-15-16(18)7-4-8-17(15)21-11-12-5-3-6-13(19)9-12/h3-9,14H,2,10-11,20H2,1H3. The molecule has 0 fully saturated rings. The van der Waals surface area contributed by atoms with E-state index in [-0.39, 0.29) is 11.9 Å². The topological polar surface area (TPSA) is 35.2 Å². The molecule has 112 valence electrons. The van der Waals surface area contributed by atoms with Gasteiger partial charge >= 0.3 is 0 Å². The fourth-order valence-electron chi connectivity index (χ4n) is 2.07. The average molecular weight is 308 g/mol. The molecule has 0 radical (unpaired) electrons. The monoisotopic (exact) mass is 307 g/mol. The molecule has 2 N–H and O–H groups in total. The van der Waals surface area contributed by atoms with E-state index in [0.717, 1.165) is 17.5 Å². The Labute approximate surface area is 129 Å². The average Bonchev–Trinajstić information content (AvgIpc) is 2.47. The summed E-state index contributed by atoms with van der Waals surface area (Å²) in [6.07, 6.45) is 1.53. The quantitative estimate of drug-likeness (QED) is 0.861. The van der Waals surface area contributed by atoms with Crippen LogP contribution in [-0.4, -0.2) is 6.04 Å². The van der Waals surface area contributed by atoms with Gasteiger partial charge in [0.2, 0.25) is 0 Å². The summed E-state index contributed by atoms with van der Waals surface area (Å²) >= 11 is 6.24. The predicted molar refractivity (Wildman–Crippen MR) is 84.2 cm³/mol. The van der Waals surface area contributed by atoms with Gasteiger partial charge in [-0.2, -0.15) is 0 Å². The van der Waals surface area contributed by atoms with Crippen molar-refractivity contribution in [1.29, 1.82) is 0 Å². The van der Waals surface area contributed by atoms with Gasteiger partial charge in [-0.25, -0.2) is 4.39 Å². The van der Waals surface area contributed by atoms with E-state index in [1.807, 2.05) is 31.2 Å². The lowest BCUT2D eigenvalue weighted by Gasteiger charge is -2.16. The van der Waals surface area contributed by atoms with Crippen molar-refractivity contribution in [2.75, 3.05) is 0 Å². The summed E-state index contributed by atoms with van der Waals surface area (Å²) in [7, 11) is 0. The van der Waals surface area contributed by atoms with Crippen molar-refractivity contribution in [3.63, 3.8) is 0 Å².